The second-order valence-electron chi connectivity index (χ2n) is 9.03. The van der Waals surface area contributed by atoms with Gasteiger partial charge in [0.15, 0.2) is 0 Å². The number of fused-ring (bicyclic) bond motifs is 1. The number of hydrogen-bond acceptors (Lipinski definition) is 6. The Labute approximate surface area is 202 Å². The molecule has 0 aliphatic carbocycles. The Bertz CT molecular complexity index is 1020. The van der Waals surface area contributed by atoms with Gasteiger partial charge in [0.25, 0.3) is 0 Å². The second kappa shape index (κ2) is 13.5. The molecule has 34 heavy (non-hydrogen) atoms. The van der Waals surface area contributed by atoms with Gasteiger partial charge in [-0.15, -0.1) is 0 Å². The molecule has 8 heteroatoms. The Morgan fingerprint density at radius 2 is 2.03 bits per heavy atom. The van der Waals surface area contributed by atoms with Crippen LogP contribution in [0.15, 0.2) is 53.8 Å². The summed E-state index contributed by atoms with van der Waals surface area (Å²) in [7, 11) is 0. The van der Waals surface area contributed by atoms with Crippen LogP contribution < -0.4 is 5.32 Å². The van der Waals surface area contributed by atoms with Crippen LogP contribution in [-0.4, -0.2) is 37.8 Å². The molecule has 0 radical (unpaired) electrons. The number of allylic oxidation sites excluding steroid dienone is 1. The highest BCUT2D eigenvalue weighted by atomic mass is 19.1. The van der Waals surface area contributed by atoms with E-state index in [2.05, 4.69) is 35.7 Å². The normalized spacial score (nSPS) is 13.2. The Kier molecular flexibility index (Phi) is 11.5. The lowest BCUT2D eigenvalue weighted by Gasteiger charge is -2.18. The number of aliphatic hydroxyl groups is 1. The molecule has 0 amide bonds. The average molecular weight is 475 g/mol. The maximum atomic E-state index is 13.6. The molecule has 1 unspecified atom stereocenters. The lowest BCUT2D eigenvalue weighted by Crippen LogP contribution is -2.27. The highest BCUT2D eigenvalue weighted by Gasteiger charge is 2.12. The van der Waals surface area contributed by atoms with Gasteiger partial charge in [0, 0.05) is 25.2 Å². The van der Waals surface area contributed by atoms with E-state index in [1.807, 2.05) is 27.7 Å². The molecule has 0 fully saturated rings. The molecule has 1 atom stereocenters. The number of imidazole rings is 1. The van der Waals surface area contributed by atoms with Crippen LogP contribution >= 0.6 is 0 Å². The van der Waals surface area contributed by atoms with E-state index >= 15 is 0 Å². The van der Waals surface area contributed by atoms with Gasteiger partial charge >= 0.3 is 5.97 Å². The van der Waals surface area contributed by atoms with Gasteiger partial charge in [-0.1, -0.05) is 33.3 Å². The number of aliphatic hydroxyl groups excluding tert-OH is 1. The summed E-state index contributed by atoms with van der Waals surface area (Å²) in [5.41, 5.74) is 1.67. The zero-order valence-electron chi connectivity index (χ0n) is 21.5. The van der Waals surface area contributed by atoms with Crippen LogP contribution in [0.5, 0.6) is 0 Å². The summed E-state index contributed by atoms with van der Waals surface area (Å²) in [6.07, 6.45) is 8.76. The topological polar surface area (TPSA) is 88.2 Å². The van der Waals surface area contributed by atoms with Gasteiger partial charge in [0.1, 0.15) is 28.6 Å². The molecule has 0 bridgehead atoms. The molecule has 2 heterocycles. The maximum Gasteiger partial charge on any atom is 0.303 e. The van der Waals surface area contributed by atoms with Crippen molar-refractivity contribution in [2.75, 3.05) is 0 Å². The number of ether oxygens (including phenoxy) is 1. The standard InChI is InChI=1S/C20H27FN4O.C6H12O2/c1-5-7-8-17(6-2)24-19(11-14(3)26)23-15(4)18-12-22-20-10-9-16(21)13-25(18)20;1-5(7)8-6(2,3)4/h9-13,17,24,26H,3,5-8H2,1-2,4H3;1-4H3/b19-11+,23-15+;. The van der Waals surface area contributed by atoms with E-state index in [0.29, 0.717) is 22.9 Å². The third-order valence-electron chi connectivity index (χ3n) is 4.63. The number of carbonyl (C=O) groups excluding carboxylic acids is 1. The van der Waals surface area contributed by atoms with Gasteiger partial charge in [-0.3, -0.25) is 9.20 Å². The number of nitrogens with one attached hydrogen (secondary N) is 1. The van der Waals surface area contributed by atoms with Crippen molar-refractivity contribution >= 4 is 17.3 Å². The molecular formula is C26H39FN4O3. The summed E-state index contributed by atoms with van der Waals surface area (Å²) < 4.78 is 20.0. The lowest BCUT2D eigenvalue weighted by molar-refractivity contribution is -0.151. The lowest BCUT2D eigenvalue weighted by atomic mass is 10.1. The van der Waals surface area contributed by atoms with E-state index < -0.39 is 0 Å². The van der Waals surface area contributed by atoms with Crippen molar-refractivity contribution < 1.29 is 19.0 Å². The summed E-state index contributed by atoms with van der Waals surface area (Å²) >= 11 is 0. The zero-order chi connectivity index (χ0) is 25.9. The maximum absolute atomic E-state index is 13.6. The van der Waals surface area contributed by atoms with E-state index in [9.17, 15) is 14.3 Å². The number of aliphatic imine (C=N–C) groups is 1. The molecule has 2 N–H and O–H groups in total. The fourth-order valence-electron chi connectivity index (χ4n) is 3.19. The van der Waals surface area contributed by atoms with Crippen LogP contribution in [0.4, 0.5) is 4.39 Å². The predicted molar refractivity (Wildman–Crippen MR) is 135 cm³/mol. The third-order valence-corrected chi connectivity index (χ3v) is 4.63. The SMILES string of the molecule is C=C(O)/C=C(\N=C(/C)c1cnc2ccc(F)cn12)NC(CC)CCCC.CC(=O)OC(C)(C)C. The summed E-state index contributed by atoms with van der Waals surface area (Å²) in [5, 5.41) is 13.0. The highest BCUT2D eigenvalue weighted by Crippen LogP contribution is 2.13. The molecule has 2 aromatic heterocycles. The van der Waals surface area contributed by atoms with Crippen LogP contribution in [0, 0.1) is 5.82 Å². The minimum Gasteiger partial charge on any atom is -0.508 e. The fraction of sp³-hybridized carbons (Fsp3) is 0.500. The first-order valence-corrected chi connectivity index (χ1v) is 11.6. The first-order chi connectivity index (χ1) is 15.9. The van der Waals surface area contributed by atoms with Crippen LogP contribution in [0.3, 0.4) is 0 Å². The first kappa shape index (κ1) is 28.9. The van der Waals surface area contributed by atoms with Gasteiger partial charge in [0.2, 0.25) is 0 Å². The number of aromatic nitrogens is 2. The molecule has 0 saturated heterocycles. The summed E-state index contributed by atoms with van der Waals surface area (Å²) in [6.45, 7) is 16.6. The van der Waals surface area contributed by atoms with Crippen molar-refractivity contribution in [3.63, 3.8) is 0 Å². The molecule has 188 valence electrons. The van der Waals surface area contributed by atoms with Crippen molar-refractivity contribution in [3.8, 4) is 0 Å². The smallest absolute Gasteiger partial charge is 0.303 e. The zero-order valence-corrected chi connectivity index (χ0v) is 21.5. The Morgan fingerprint density at radius 1 is 1.35 bits per heavy atom. The molecule has 0 saturated carbocycles. The molecule has 7 nitrogen and oxygen atoms in total. The molecule has 2 aromatic rings. The van der Waals surface area contributed by atoms with Crippen LogP contribution in [0.2, 0.25) is 0 Å². The number of unbranched alkanes of at least 4 members (excludes halogenated alkanes) is 1. The summed E-state index contributed by atoms with van der Waals surface area (Å²) in [6, 6.07) is 3.26. The third kappa shape index (κ3) is 10.6. The largest absolute Gasteiger partial charge is 0.508 e. The highest BCUT2D eigenvalue weighted by molar-refractivity contribution is 5.98. The Hall–Kier alpha value is -3.16. The number of nitrogens with zero attached hydrogens (tertiary/aromatic N) is 3. The van der Waals surface area contributed by atoms with Crippen LogP contribution in [0.1, 0.15) is 79.8 Å². The van der Waals surface area contributed by atoms with Crippen molar-refractivity contribution in [2.24, 2.45) is 4.99 Å². The van der Waals surface area contributed by atoms with Crippen molar-refractivity contribution in [1.82, 2.24) is 14.7 Å². The minimum absolute atomic E-state index is 0.0708. The molecular weight excluding hydrogens is 435 g/mol. The summed E-state index contributed by atoms with van der Waals surface area (Å²) in [5.74, 6) is -0.104. The average Bonchev–Trinajstić information content (AvgIpc) is 3.12. The molecule has 0 aromatic carbocycles. The number of esters is 1. The van der Waals surface area contributed by atoms with E-state index in [1.165, 1.54) is 25.3 Å². The minimum atomic E-state index is -0.340. The monoisotopic (exact) mass is 474 g/mol. The number of hydrogen-bond donors (Lipinski definition) is 2. The number of halogens is 1. The van der Waals surface area contributed by atoms with E-state index in [1.54, 1.807) is 16.7 Å². The van der Waals surface area contributed by atoms with Crippen molar-refractivity contribution in [1.29, 1.82) is 0 Å². The van der Waals surface area contributed by atoms with Crippen LogP contribution in [0.25, 0.3) is 5.65 Å². The Morgan fingerprint density at radius 3 is 2.53 bits per heavy atom. The van der Waals surface area contributed by atoms with Gasteiger partial charge < -0.3 is 15.2 Å². The second-order valence-corrected chi connectivity index (χ2v) is 9.03. The first-order valence-electron chi connectivity index (χ1n) is 11.6. The molecule has 0 aliphatic rings. The molecule has 0 aliphatic heterocycles. The quantitative estimate of drug-likeness (QED) is 0.198. The van der Waals surface area contributed by atoms with Crippen molar-refractivity contribution in [2.45, 2.75) is 85.8 Å². The van der Waals surface area contributed by atoms with E-state index in [0.717, 1.165) is 25.7 Å². The number of pyridine rings is 1. The van der Waals surface area contributed by atoms with E-state index in [4.69, 9.17) is 4.74 Å². The van der Waals surface area contributed by atoms with E-state index in [-0.39, 0.29) is 29.2 Å². The molecule has 0 spiro atoms. The predicted octanol–water partition coefficient (Wildman–Crippen LogP) is 6.10. The van der Waals surface area contributed by atoms with Gasteiger partial charge in [-0.25, -0.2) is 14.4 Å². The van der Waals surface area contributed by atoms with Gasteiger partial charge in [0.05, 0.1) is 17.6 Å². The summed E-state index contributed by atoms with van der Waals surface area (Å²) in [4.78, 5) is 19.1. The van der Waals surface area contributed by atoms with Crippen molar-refractivity contribution in [3.05, 3.63) is 60.3 Å². The number of rotatable bonds is 9. The Balaban J connectivity index is 0.000000620. The fourth-order valence-corrected chi connectivity index (χ4v) is 3.19. The van der Waals surface area contributed by atoms with Gasteiger partial charge in [-0.05, 0) is 52.7 Å². The molecule has 2 rings (SSSR count). The van der Waals surface area contributed by atoms with Gasteiger partial charge in [-0.2, -0.15) is 0 Å². The number of carbonyl (C=O) groups is 1. The van der Waals surface area contributed by atoms with Crippen LogP contribution in [-0.2, 0) is 9.53 Å².